The van der Waals surface area contributed by atoms with Gasteiger partial charge >= 0.3 is 0 Å². The standard InChI is InChI=1S/C13H14N2O2S/c1-8(11-6-3-7-18-11)15-13(17)9-4-2-5-10(14)12(9)16/h2-8,16H,14H2,1H3,(H,15,17). The fourth-order valence-electron chi connectivity index (χ4n) is 1.63. The summed E-state index contributed by atoms with van der Waals surface area (Å²) in [5.74, 6) is -0.505. The highest BCUT2D eigenvalue weighted by molar-refractivity contribution is 7.10. The van der Waals surface area contributed by atoms with Gasteiger partial charge in [0.15, 0.2) is 5.75 Å². The van der Waals surface area contributed by atoms with Crippen LogP contribution < -0.4 is 11.1 Å². The van der Waals surface area contributed by atoms with Crippen molar-refractivity contribution in [2.45, 2.75) is 13.0 Å². The first-order chi connectivity index (χ1) is 8.59. The van der Waals surface area contributed by atoms with E-state index in [1.165, 1.54) is 0 Å². The van der Waals surface area contributed by atoms with E-state index in [-0.39, 0.29) is 28.9 Å². The molecule has 18 heavy (non-hydrogen) atoms. The van der Waals surface area contributed by atoms with Gasteiger partial charge in [0.1, 0.15) is 0 Å². The van der Waals surface area contributed by atoms with Crippen molar-refractivity contribution in [3.8, 4) is 5.75 Å². The van der Waals surface area contributed by atoms with E-state index in [1.54, 1.807) is 29.5 Å². The number of nitrogens with one attached hydrogen (secondary N) is 1. The smallest absolute Gasteiger partial charge is 0.255 e. The second kappa shape index (κ2) is 5.10. The molecule has 1 aromatic heterocycles. The number of aromatic hydroxyl groups is 1. The van der Waals surface area contributed by atoms with Crippen LogP contribution in [0.4, 0.5) is 5.69 Å². The molecule has 0 saturated carbocycles. The van der Waals surface area contributed by atoms with Crippen LogP contribution in [0.1, 0.15) is 28.2 Å². The number of nitrogens with two attached hydrogens (primary N) is 1. The Morgan fingerprint density at radius 2 is 2.17 bits per heavy atom. The van der Waals surface area contributed by atoms with Gasteiger partial charge in [-0.15, -0.1) is 11.3 Å². The zero-order valence-electron chi connectivity index (χ0n) is 9.88. The van der Waals surface area contributed by atoms with Crippen LogP contribution in [0.5, 0.6) is 5.75 Å². The van der Waals surface area contributed by atoms with Crippen LogP contribution in [-0.4, -0.2) is 11.0 Å². The highest BCUT2D eigenvalue weighted by Crippen LogP contribution is 2.25. The zero-order valence-corrected chi connectivity index (χ0v) is 10.7. The Balaban J connectivity index is 2.15. The van der Waals surface area contributed by atoms with Gasteiger partial charge in [-0.3, -0.25) is 4.79 Å². The number of thiophene rings is 1. The number of rotatable bonds is 3. The molecule has 1 heterocycles. The van der Waals surface area contributed by atoms with Crippen molar-refractivity contribution < 1.29 is 9.90 Å². The summed E-state index contributed by atoms with van der Waals surface area (Å²) in [5, 5.41) is 14.5. The lowest BCUT2D eigenvalue weighted by Crippen LogP contribution is -2.26. The maximum Gasteiger partial charge on any atom is 0.255 e. The number of benzene rings is 1. The molecule has 2 aromatic rings. The van der Waals surface area contributed by atoms with E-state index in [9.17, 15) is 9.90 Å². The minimum Gasteiger partial charge on any atom is -0.505 e. The summed E-state index contributed by atoms with van der Waals surface area (Å²) in [4.78, 5) is 13.1. The van der Waals surface area contributed by atoms with E-state index in [4.69, 9.17) is 5.73 Å². The number of nitrogen functional groups attached to an aromatic ring is 1. The molecule has 1 atom stereocenters. The van der Waals surface area contributed by atoms with Gasteiger partial charge in [0.2, 0.25) is 0 Å². The first-order valence-electron chi connectivity index (χ1n) is 5.51. The lowest BCUT2D eigenvalue weighted by Gasteiger charge is -2.13. The number of carbonyl (C=O) groups is 1. The molecular formula is C13H14N2O2S. The summed E-state index contributed by atoms with van der Waals surface area (Å²) in [6.07, 6.45) is 0. The van der Waals surface area contributed by atoms with Crippen LogP contribution >= 0.6 is 11.3 Å². The number of anilines is 1. The summed E-state index contributed by atoms with van der Waals surface area (Å²) in [6.45, 7) is 1.90. The van der Waals surface area contributed by atoms with Gasteiger partial charge in [0.25, 0.3) is 5.91 Å². The summed E-state index contributed by atoms with van der Waals surface area (Å²) >= 11 is 1.57. The quantitative estimate of drug-likeness (QED) is 0.587. The SMILES string of the molecule is CC(NC(=O)c1cccc(N)c1O)c1cccs1. The van der Waals surface area contributed by atoms with E-state index in [0.717, 1.165) is 4.88 Å². The average molecular weight is 262 g/mol. The Morgan fingerprint density at radius 1 is 1.39 bits per heavy atom. The molecule has 0 radical (unpaired) electrons. The van der Waals surface area contributed by atoms with E-state index >= 15 is 0 Å². The number of para-hydroxylation sites is 1. The Kier molecular flexibility index (Phi) is 3.53. The zero-order chi connectivity index (χ0) is 13.1. The second-order valence-electron chi connectivity index (χ2n) is 3.95. The molecule has 0 bridgehead atoms. The van der Waals surface area contributed by atoms with Crippen molar-refractivity contribution >= 4 is 22.9 Å². The number of hydrogen-bond donors (Lipinski definition) is 3. The van der Waals surface area contributed by atoms with Crippen LogP contribution in [0.2, 0.25) is 0 Å². The van der Waals surface area contributed by atoms with Gasteiger partial charge in [0.05, 0.1) is 17.3 Å². The van der Waals surface area contributed by atoms with Gasteiger partial charge in [-0.1, -0.05) is 12.1 Å². The van der Waals surface area contributed by atoms with E-state index in [0.29, 0.717) is 0 Å². The largest absolute Gasteiger partial charge is 0.505 e. The third-order valence-electron chi connectivity index (χ3n) is 2.63. The van der Waals surface area contributed by atoms with Gasteiger partial charge < -0.3 is 16.2 Å². The number of amides is 1. The Labute approximate surface area is 109 Å². The third kappa shape index (κ3) is 2.46. The van der Waals surface area contributed by atoms with Crippen LogP contribution in [0.25, 0.3) is 0 Å². The van der Waals surface area contributed by atoms with Crippen LogP contribution in [-0.2, 0) is 0 Å². The molecule has 4 N–H and O–H groups in total. The molecular weight excluding hydrogens is 248 g/mol. The van der Waals surface area contributed by atoms with Crippen molar-refractivity contribution in [1.82, 2.24) is 5.32 Å². The molecule has 1 unspecified atom stereocenters. The normalized spacial score (nSPS) is 12.1. The molecule has 0 spiro atoms. The van der Waals surface area contributed by atoms with Crippen LogP contribution in [0.15, 0.2) is 35.7 Å². The minimum absolute atomic E-state index is 0.0988. The fourth-order valence-corrected chi connectivity index (χ4v) is 2.36. The van der Waals surface area contributed by atoms with Gasteiger partial charge in [-0.2, -0.15) is 0 Å². The van der Waals surface area contributed by atoms with E-state index in [1.807, 2.05) is 24.4 Å². The van der Waals surface area contributed by atoms with Crippen molar-refractivity contribution in [2.24, 2.45) is 0 Å². The highest BCUT2D eigenvalue weighted by atomic mass is 32.1. The van der Waals surface area contributed by atoms with Crippen LogP contribution in [0, 0.1) is 0 Å². The van der Waals surface area contributed by atoms with Crippen LogP contribution in [0.3, 0.4) is 0 Å². The monoisotopic (exact) mass is 262 g/mol. The van der Waals surface area contributed by atoms with Crippen molar-refractivity contribution in [2.75, 3.05) is 5.73 Å². The average Bonchev–Trinajstić information content (AvgIpc) is 2.86. The predicted octanol–water partition coefficient (Wildman–Crippen LogP) is 2.53. The topological polar surface area (TPSA) is 75.4 Å². The predicted molar refractivity (Wildman–Crippen MR) is 72.7 cm³/mol. The molecule has 0 aliphatic rings. The molecule has 2 rings (SSSR count). The maximum atomic E-state index is 12.0. The Hall–Kier alpha value is -2.01. The third-order valence-corrected chi connectivity index (χ3v) is 3.68. The lowest BCUT2D eigenvalue weighted by molar-refractivity contribution is 0.0938. The molecule has 0 aliphatic carbocycles. The molecule has 0 aliphatic heterocycles. The molecule has 0 fully saturated rings. The van der Waals surface area contributed by atoms with Gasteiger partial charge in [-0.25, -0.2) is 0 Å². The summed E-state index contributed by atoms with van der Waals surface area (Å²) in [6, 6.07) is 8.52. The minimum atomic E-state index is -0.333. The van der Waals surface area contributed by atoms with Crippen molar-refractivity contribution in [1.29, 1.82) is 0 Å². The number of hydrogen-bond acceptors (Lipinski definition) is 4. The van der Waals surface area contributed by atoms with E-state index in [2.05, 4.69) is 5.32 Å². The van der Waals surface area contributed by atoms with E-state index < -0.39 is 0 Å². The molecule has 1 amide bonds. The first kappa shape index (κ1) is 12.4. The molecule has 5 heteroatoms. The molecule has 0 saturated heterocycles. The maximum absolute atomic E-state index is 12.0. The highest BCUT2D eigenvalue weighted by Gasteiger charge is 2.16. The molecule has 1 aromatic carbocycles. The second-order valence-corrected chi connectivity index (χ2v) is 4.93. The summed E-state index contributed by atoms with van der Waals surface area (Å²) in [7, 11) is 0. The fraction of sp³-hybridized carbons (Fsp3) is 0.154. The molecule has 4 nitrogen and oxygen atoms in total. The number of phenolic OH excluding ortho intramolecular Hbond substituents is 1. The van der Waals surface area contributed by atoms with Gasteiger partial charge in [0, 0.05) is 4.88 Å². The number of phenols is 1. The summed E-state index contributed by atoms with van der Waals surface area (Å²) < 4.78 is 0. The van der Waals surface area contributed by atoms with Crippen molar-refractivity contribution in [3.05, 3.63) is 46.2 Å². The van der Waals surface area contributed by atoms with Gasteiger partial charge in [-0.05, 0) is 30.5 Å². The lowest BCUT2D eigenvalue weighted by atomic mass is 10.1. The molecule has 94 valence electrons. The first-order valence-corrected chi connectivity index (χ1v) is 6.39. The van der Waals surface area contributed by atoms with Crippen molar-refractivity contribution in [3.63, 3.8) is 0 Å². The Morgan fingerprint density at radius 3 is 2.83 bits per heavy atom. The number of carbonyl (C=O) groups excluding carboxylic acids is 1. The Bertz CT molecular complexity index is 552. The summed E-state index contributed by atoms with van der Waals surface area (Å²) in [5.41, 5.74) is 5.95.